The Morgan fingerprint density at radius 3 is 2.57 bits per heavy atom. The van der Waals surface area contributed by atoms with Gasteiger partial charge in [-0.1, -0.05) is 17.7 Å². The molecule has 1 heterocycles. The van der Waals surface area contributed by atoms with E-state index < -0.39 is 0 Å². The van der Waals surface area contributed by atoms with Crippen LogP contribution in [0, 0.1) is 19.7 Å². The topological polar surface area (TPSA) is 37.8 Å². The molecule has 0 bridgehead atoms. The molecule has 3 aromatic rings. The van der Waals surface area contributed by atoms with Crippen LogP contribution in [0.1, 0.15) is 11.1 Å². The molecular formula is C17H16FN3. The minimum atomic E-state index is -0.296. The number of aromatic nitrogens is 2. The number of nitrogens with zero attached hydrogens (tertiary/aromatic N) is 2. The predicted octanol–water partition coefficient (Wildman–Crippen LogP) is 4.09. The molecule has 0 aliphatic heterocycles. The highest BCUT2D eigenvalue weighted by molar-refractivity contribution is 5.90. The van der Waals surface area contributed by atoms with Gasteiger partial charge in [0, 0.05) is 24.1 Å². The smallest absolute Gasteiger partial charge is 0.162 e. The highest BCUT2D eigenvalue weighted by Gasteiger charge is 2.11. The van der Waals surface area contributed by atoms with Crippen LogP contribution in [0.25, 0.3) is 22.3 Å². The van der Waals surface area contributed by atoms with E-state index in [0.29, 0.717) is 17.2 Å². The first-order valence-electron chi connectivity index (χ1n) is 6.81. The Morgan fingerprint density at radius 2 is 1.81 bits per heavy atom. The van der Waals surface area contributed by atoms with Crippen LogP contribution < -0.4 is 5.32 Å². The third-order valence-corrected chi connectivity index (χ3v) is 3.53. The molecule has 2 aromatic carbocycles. The van der Waals surface area contributed by atoms with Crippen LogP contribution in [-0.2, 0) is 0 Å². The van der Waals surface area contributed by atoms with Crippen LogP contribution in [0.2, 0.25) is 0 Å². The SMILES string of the molecule is CNc1nc(-c2cc(C)ccc2C)nc2cc(F)ccc12. The highest BCUT2D eigenvalue weighted by Crippen LogP contribution is 2.27. The number of halogens is 1. The second kappa shape index (κ2) is 5.13. The molecule has 0 aliphatic rings. The summed E-state index contributed by atoms with van der Waals surface area (Å²) in [6, 6.07) is 10.7. The van der Waals surface area contributed by atoms with Gasteiger partial charge in [-0.05, 0) is 37.6 Å². The van der Waals surface area contributed by atoms with Crippen molar-refractivity contribution in [2.75, 3.05) is 12.4 Å². The average molecular weight is 281 g/mol. The van der Waals surface area contributed by atoms with Gasteiger partial charge in [-0.25, -0.2) is 14.4 Å². The molecule has 21 heavy (non-hydrogen) atoms. The van der Waals surface area contributed by atoms with Crippen LogP contribution in [-0.4, -0.2) is 17.0 Å². The Morgan fingerprint density at radius 1 is 1.00 bits per heavy atom. The summed E-state index contributed by atoms with van der Waals surface area (Å²) in [4.78, 5) is 9.10. The molecule has 0 aliphatic carbocycles. The van der Waals surface area contributed by atoms with Crippen molar-refractivity contribution in [3.8, 4) is 11.4 Å². The van der Waals surface area contributed by atoms with E-state index in [0.717, 1.165) is 22.1 Å². The number of hydrogen-bond donors (Lipinski definition) is 1. The van der Waals surface area contributed by atoms with E-state index >= 15 is 0 Å². The van der Waals surface area contributed by atoms with E-state index in [2.05, 4.69) is 27.4 Å². The lowest BCUT2D eigenvalue weighted by atomic mass is 10.0. The first-order chi connectivity index (χ1) is 10.1. The lowest BCUT2D eigenvalue weighted by molar-refractivity contribution is 0.629. The van der Waals surface area contributed by atoms with Crippen LogP contribution in [0.4, 0.5) is 10.2 Å². The lowest BCUT2D eigenvalue weighted by Crippen LogP contribution is -2.00. The summed E-state index contributed by atoms with van der Waals surface area (Å²) in [5.74, 6) is 1.02. The molecule has 0 unspecified atom stereocenters. The molecular weight excluding hydrogens is 265 g/mol. The van der Waals surface area contributed by atoms with Crippen molar-refractivity contribution in [2.45, 2.75) is 13.8 Å². The number of hydrogen-bond acceptors (Lipinski definition) is 3. The molecule has 0 atom stereocenters. The number of rotatable bonds is 2. The van der Waals surface area contributed by atoms with Crippen molar-refractivity contribution < 1.29 is 4.39 Å². The fraction of sp³-hybridized carbons (Fsp3) is 0.176. The monoisotopic (exact) mass is 281 g/mol. The first-order valence-corrected chi connectivity index (χ1v) is 6.81. The standard InChI is InChI=1S/C17H16FN3/c1-10-4-5-11(2)14(8-10)17-20-15-9-12(18)6-7-13(15)16(19-3)21-17/h4-9H,1-3H3,(H,19,20,21). The van der Waals surface area contributed by atoms with E-state index in [1.54, 1.807) is 13.1 Å². The van der Waals surface area contributed by atoms with Gasteiger partial charge in [0.2, 0.25) is 0 Å². The zero-order chi connectivity index (χ0) is 15.0. The molecule has 0 amide bonds. The van der Waals surface area contributed by atoms with Gasteiger partial charge in [-0.3, -0.25) is 0 Å². The molecule has 1 aromatic heterocycles. The van der Waals surface area contributed by atoms with Gasteiger partial charge in [0.15, 0.2) is 5.82 Å². The quantitative estimate of drug-likeness (QED) is 0.768. The first kappa shape index (κ1) is 13.5. The molecule has 1 N–H and O–H groups in total. The molecule has 0 saturated heterocycles. The van der Waals surface area contributed by atoms with Gasteiger partial charge in [-0.15, -0.1) is 0 Å². The second-order valence-corrected chi connectivity index (χ2v) is 5.13. The van der Waals surface area contributed by atoms with E-state index in [-0.39, 0.29) is 5.82 Å². The van der Waals surface area contributed by atoms with E-state index in [9.17, 15) is 4.39 Å². The van der Waals surface area contributed by atoms with E-state index in [4.69, 9.17) is 0 Å². The normalized spacial score (nSPS) is 10.9. The number of benzene rings is 2. The summed E-state index contributed by atoms with van der Waals surface area (Å²) in [6.07, 6.45) is 0. The maximum Gasteiger partial charge on any atom is 0.162 e. The molecule has 0 saturated carbocycles. The van der Waals surface area contributed by atoms with Gasteiger partial charge in [0.1, 0.15) is 11.6 Å². The fourth-order valence-electron chi connectivity index (χ4n) is 2.39. The molecule has 106 valence electrons. The summed E-state index contributed by atoms with van der Waals surface area (Å²) in [5.41, 5.74) is 3.81. The number of fused-ring (bicyclic) bond motifs is 1. The van der Waals surface area contributed by atoms with Crippen LogP contribution in [0.5, 0.6) is 0 Å². The minimum absolute atomic E-state index is 0.296. The third-order valence-electron chi connectivity index (χ3n) is 3.53. The summed E-state index contributed by atoms with van der Waals surface area (Å²) in [5, 5.41) is 3.87. The Balaban J connectivity index is 2.30. The maximum atomic E-state index is 13.5. The zero-order valence-corrected chi connectivity index (χ0v) is 12.2. The average Bonchev–Trinajstić information content (AvgIpc) is 2.48. The van der Waals surface area contributed by atoms with Crippen LogP contribution >= 0.6 is 0 Å². The molecule has 4 heteroatoms. The van der Waals surface area contributed by atoms with Crippen LogP contribution in [0.3, 0.4) is 0 Å². The third kappa shape index (κ3) is 2.44. The van der Waals surface area contributed by atoms with Crippen LogP contribution in [0.15, 0.2) is 36.4 Å². The summed E-state index contributed by atoms with van der Waals surface area (Å²) >= 11 is 0. The summed E-state index contributed by atoms with van der Waals surface area (Å²) < 4.78 is 13.5. The van der Waals surface area contributed by atoms with Gasteiger partial charge >= 0.3 is 0 Å². The second-order valence-electron chi connectivity index (χ2n) is 5.13. The number of aryl methyl sites for hydroxylation is 2. The Kier molecular flexibility index (Phi) is 3.29. The van der Waals surface area contributed by atoms with Gasteiger partial charge in [0.05, 0.1) is 5.52 Å². The van der Waals surface area contributed by atoms with E-state index in [1.807, 2.05) is 19.9 Å². The van der Waals surface area contributed by atoms with Crippen molar-refractivity contribution in [1.29, 1.82) is 0 Å². The van der Waals surface area contributed by atoms with Crippen molar-refractivity contribution in [3.05, 3.63) is 53.3 Å². The molecule has 3 nitrogen and oxygen atoms in total. The van der Waals surface area contributed by atoms with Gasteiger partial charge in [0.25, 0.3) is 0 Å². The lowest BCUT2D eigenvalue weighted by Gasteiger charge is -2.10. The van der Waals surface area contributed by atoms with Crippen molar-refractivity contribution in [3.63, 3.8) is 0 Å². The summed E-state index contributed by atoms with van der Waals surface area (Å²) in [7, 11) is 1.80. The highest BCUT2D eigenvalue weighted by atomic mass is 19.1. The number of anilines is 1. The largest absolute Gasteiger partial charge is 0.373 e. The predicted molar refractivity (Wildman–Crippen MR) is 84.0 cm³/mol. The summed E-state index contributed by atoms with van der Waals surface area (Å²) in [6.45, 7) is 4.05. The Bertz CT molecular complexity index is 828. The van der Waals surface area contributed by atoms with Gasteiger partial charge < -0.3 is 5.32 Å². The van der Waals surface area contributed by atoms with E-state index in [1.165, 1.54) is 12.1 Å². The molecule has 3 rings (SSSR count). The Hall–Kier alpha value is -2.49. The zero-order valence-electron chi connectivity index (χ0n) is 12.2. The molecule has 0 fully saturated rings. The van der Waals surface area contributed by atoms with Crippen molar-refractivity contribution >= 4 is 16.7 Å². The Labute approximate surface area is 122 Å². The van der Waals surface area contributed by atoms with Gasteiger partial charge in [-0.2, -0.15) is 0 Å². The number of nitrogens with one attached hydrogen (secondary N) is 1. The maximum absolute atomic E-state index is 13.5. The molecule has 0 spiro atoms. The van der Waals surface area contributed by atoms with Crippen molar-refractivity contribution in [1.82, 2.24) is 9.97 Å². The fourth-order valence-corrected chi connectivity index (χ4v) is 2.39. The minimum Gasteiger partial charge on any atom is -0.373 e. The molecule has 0 radical (unpaired) electrons. The van der Waals surface area contributed by atoms with Crippen molar-refractivity contribution in [2.24, 2.45) is 0 Å².